The molecule has 1 aromatic rings. The number of hydrogen-bond acceptors (Lipinski definition) is 6. The summed E-state index contributed by atoms with van der Waals surface area (Å²) < 4.78 is 10.0. The third-order valence-corrected chi connectivity index (χ3v) is 4.03. The molecule has 1 aliphatic carbocycles. The summed E-state index contributed by atoms with van der Waals surface area (Å²) in [5.41, 5.74) is 0.565. The van der Waals surface area contributed by atoms with Gasteiger partial charge in [-0.15, -0.1) is 0 Å². The van der Waals surface area contributed by atoms with Gasteiger partial charge in [-0.3, -0.25) is 19.2 Å². The Bertz CT molecular complexity index is 600. The Hall–Kier alpha value is -2.50. The van der Waals surface area contributed by atoms with Crippen LogP contribution in [0, 0.1) is 11.8 Å². The highest BCUT2D eigenvalue weighted by Gasteiger charge is 2.51. The first-order valence-electron chi connectivity index (χ1n) is 7.94. The molecule has 0 bridgehead atoms. The van der Waals surface area contributed by atoms with Crippen molar-refractivity contribution in [1.29, 1.82) is 0 Å². The van der Waals surface area contributed by atoms with E-state index in [2.05, 4.69) is 0 Å². The molecule has 1 fully saturated rings. The molecule has 6 heteroatoms. The first-order chi connectivity index (χ1) is 11.5. The van der Waals surface area contributed by atoms with Gasteiger partial charge in [0, 0.05) is 5.92 Å². The van der Waals surface area contributed by atoms with Crippen molar-refractivity contribution < 1.29 is 28.7 Å². The van der Waals surface area contributed by atoms with Gasteiger partial charge in [-0.1, -0.05) is 30.3 Å². The van der Waals surface area contributed by atoms with Crippen LogP contribution in [0.2, 0.25) is 0 Å². The zero-order valence-electron chi connectivity index (χ0n) is 13.7. The molecular weight excluding hydrogens is 312 g/mol. The lowest BCUT2D eigenvalue weighted by atomic mass is 9.67. The zero-order valence-corrected chi connectivity index (χ0v) is 13.7. The van der Waals surface area contributed by atoms with E-state index >= 15 is 0 Å². The van der Waals surface area contributed by atoms with Gasteiger partial charge < -0.3 is 9.47 Å². The third-order valence-electron chi connectivity index (χ3n) is 4.03. The quantitative estimate of drug-likeness (QED) is 0.602. The van der Waals surface area contributed by atoms with Gasteiger partial charge in [-0.05, 0) is 19.4 Å². The molecule has 6 nitrogen and oxygen atoms in total. The number of ketones is 2. The molecule has 1 aliphatic rings. The molecule has 0 aliphatic heterocycles. The highest BCUT2D eigenvalue weighted by atomic mass is 16.5. The van der Waals surface area contributed by atoms with Crippen molar-refractivity contribution in [3.63, 3.8) is 0 Å². The van der Waals surface area contributed by atoms with Crippen molar-refractivity contribution in [3.05, 3.63) is 35.9 Å². The lowest BCUT2D eigenvalue weighted by molar-refractivity contribution is -0.161. The molecule has 0 saturated heterocycles. The van der Waals surface area contributed by atoms with Gasteiger partial charge in [-0.2, -0.15) is 0 Å². The predicted octanol–water partition coefficient (Wildman–Crippen LogP) is 1.67. The van der Waals surface area contributed by atoms with E-state index in [1.165, 1.54) is 0 Å². The average molecular weight is 332 g/mol. The number of ether oxygens (including phenoxy) is 2. The average Bonchev–Trinajstić information content (AvgIpc) is 2.55. The van der Waals surface area contributed by atoms with Crippen molar-refractivity contribution in [1.82, 2.24) is 0 Å². The fourth-order valence-electron chi connectivity index (χ4n) is 3.06. The molecule has 0 unspecified atom stereocenters. The van der Waals surface area contributed by atoms with Crippen molar-refractivity contribution in [2.75, 3.05) is 13.2 Å². The second-order valence-electron chi connectivity index (χ2n) is 5.51. The zero-order chi connectivity index (χ0) is 17.7. The van der Waals surface area contributed by atoms with E-state index < -0.39 is 47.7 Å². The van der Waals surface area contributed by atoms with Crippen LogP contribution in [0.4, 0.5) is 0 Å². The third kappa shape index (κ3) is 3.53. The van der Waals surface area contributed by atoms with Gasteiger partial charge in [0.2, 0.25) is 0 Å². The van der Waals surface area contributed by atoms with Gasteiger partial charge in [0.1, 0.15) is 11.8 Å². The summed E-state index contributed by atoms with van der Waals surface area (Å²) in [5, 5.41) is 0. The maximum absolute atomic E-state index is 12.4. The number of hydrogen-bond donors (Lipinski definition) is 0. The largest absolute Gasteiger partial charge is 0.465 e. The highest BCUT2D eigenvalue weighted by Crippen LogP contribution is 2.40. The molecule has 0 heterocycles. The summed E-state index contributed by atoms with van der Waals surface area (Å²) in [6.07, 6.45) is -0.462. The van der Waals surface area contributed by atoms with Crippen LogP contribution in [-0.2, 0) is 28.7 Å². The van der Waals surface area contributed by atoms with Gasteiger partial charge in [0.15, 0.2) is 11.6 Å². The molecule has 1 aromatic carbocycles. The van der Waals surface area contributed by atoms with Crippen LogP contribution in [0.15, 0.2) is 30.3 Å². The van der Waals surface area contributed by atoms with E-state index in [-0.39, 0.29) is 13.2 Å². The molecule has 2 atom stereocenters. The first-order valence-corrected chi connectivity index (χ1v) is 7.94. The molecule has 0 N–H and O–H groups in total. The summed E-state index contributed by atoms with van der Waals surface area (Å²) in [6, 6.07) is 8.60. The fourth-order valence-corrected chi connectivity index (χ4v) is 3.06. The molecule has 0 aromatic heterocycles. The Morgan fingerprint density at radius 3 is 1.79 bits per heavy atom. The van der Waals surface area contributed by atoms with Crippen LogP contribution in [0.5, 0.6) is 0 Å². The number of esters is 2. The number of benzene rings is 1. The van der Waals surface area contributed by atoms with E-state index in [0.717, 1.165) is 0 Å². The van der Waals surface area contributed by atoms with E-state index in [1.54, 1.807) is 44.2 Å². The molecule has 0 spiro atoms. The maximum Gasteiger partial charge on any atom is 0.317 e. The minimum absolute atomic E-state index is 0.113. The molecule has 128 valence electrons. The normalized spacial score (nSPS) is 21.4. The first kappa shape index (κ1) is 17.8. The second-order valence-corrected chi connectivity index (χ2v) is 5.51. The van der Waals surface area contributed by atoms with E-state index in [4.69, 9.17) is 9.47 Å². The summed E-state index contributed by atoms with van der Waals surface area (Å²) in [7, 11) is 0. The summed E-state index contributed by atoms with van der Waals surface area (Å²) >= 11 is 0. The van der Waals surface area contributed by atoms with Crippen molar-refractivity contribution in [2.24, 2.45) is 11.8 Å². The smallest absolute Gasteiger partial charge is 0.317 e. The monoisotopic (exact) mass is 332 g/mol. The van der Waals surface area contributed by atoms with Crippen LogP contribution >= 0.6 is 0 Å². The molecule has 1 saturated carbocycles. The number of carbonyl (C=O) groups excluding carboxylic acids is 4. The number of rotatable bonds is 5. The van der Waals surface area contributed by atoms with Crippen LogP contribution in [-0.4, -0.2) is 36.7 Å². The van der Waals surface area contributed by atoms with Crippen molar-refractivity contribution in [2.45, 2.75) is 26.2 Å². The second kappa shape index (κ2) is 7.86. The fraction of sp³-hybridized carbons (Fsp3) is 0.444. The standard InChI is InChI=1S/C18H20O6/c1-3-23-17(21)15-12(19)10-13(20)16(18(22)24-4-2)14(15)11-8-6-5-7-9-11/h5-9,14-16H,3-4,10H2,1-2H3/t15-,16-/m1/s1. The van der Waals surface area contributed by atoms with Gasteiger partial charge in [0.25, 0.3) is 0 Å². The van der Waals surface area contributed by atoms with Gasteiger partial charge >= 0.3 is 11.9 Å². The van der Waals surface area contributed by atoms with Crippen LogP contribution in [0.1, 0.15) is 31.7 Å². The topological polar surface area (TPSA) is 86.7 Å². The highest BCUT2D eigenvalue weighted by molar-refractivity contribution is 6.16. The molecule has 0 radical (unpaired) electrons. The Morgan fingerprint density at radius 1 is 0.917 bits per heavy atom. The number of Topliss-reactive ketones (excluding diaryl/α,β-unsaturated/α-hetero) is 2. The van der Waals surface area contributed by atoms with Crippen LogP contribution in [0.25, 0.3) is 0 Å². The minimum Gasteiger partial charge on any atom is -0.465 e. The Morgan fingerprint density at radius 2 is 1.38 bits per heavy atom. The maximum atomic E-state index is 12.4. The summed E-state index contributed by atoms with van der Waals surface area (Å²) in [5.74, 6) is -5.73. The predicted molar refractivity (Wildman–Crippen MR) is 84.1 cm³/mol. The lowest BCUT2D eigenvalue weighted by Gasteiger charge is -2.33. The van der Waals surface area contributed by atoms with E-state index in [9.17, 15) is 19.2 Å². The van der Waals surface area contributed by atoms with E-state index in [0.29, 0.717) is 5.56 Å². The van der Waals surface area contributed by atoms with Crippen LogP contribution in [0.3, 0.4) is 0 Å². The summed E-state index contributed by atoms with van der Waals surface area (Å²) in [4.78, 5) is 49.4. The molecular formula is C18H20O6. The molecule has 0 amide bonds. The SMILES string of the molecule is CCOC(=O)[C@@H]1C(=O)CC(=O)[C@@H](C(=O)OCC)C1c1ccccc1. The van der Waals surface area contributed by atoms with Crippen molar-refractivity contribution >= 4 is 23.5 Å². The minimum atomic E-state index is -1.18. The Kier molecular flexibility index (Phi) is 5.84. The lowest BCUT2D eigenvalue weighted by Crippen LogP contribution is -2.47. The molecule has 2 rings (SSSR count). The van der Waals surface area contributed by atoms with E-state index in [1.807, 2.05) is 0 Å². The summed E-state index contributed by atoms with van der Waals surface area (Å²) in [6.45, 7) is 3.50. The number of carbonyl (C=O) groups is 4. The van der Waals surface area contributed by atoms with Crippen molar-refractivity contribution in [3.8, 4) is 0 Å². The van der Waals surface area contributed by atoms with Gasteiger partial charge in [-0.25, -0.2) is 0 Å². The van der Waals surface area contributed by atoms with Crippen LogP contribution < -0.4 is 0 Å². The molecule has 24 heavy (non-hydrogen) atoms. The van der Waals surface area contributed by atoms with Gasteiger partial charge in [0.05, 0.1) is 19.6 Å². The Balaban J connectivity index is 2.51. The Labute approximate surface area is 140 Å².